The predicted octanol–water partition coefficient (Wildman–Crippen LogP) is 5.39. The number of aromatic nitrogens is 3. The topological polar surface area (TPSA) is 112 Å². The van der Waals surface area contributed by atoms with Gasteiger partial charge in [0.05, 0.1) is 17.6 Å². The predicted molar refractivity (Wildman–Crippen MR) is 128 cm³/mol. The number of nitro groups is 1. The Morgan fingerprint density at radius 1 is 1.14 bits per heavy atom. The molecule has 0 saturated carbocycles. The fraction of sp³-hybridized carbons (Fsp3) is 0.125. The lowest BCUT2D eigenvalue weighted by molar-refractivity contribution is -0.385. The maximum atomic E-state index is 14.0. The molecule has 0 spiro atoms. The highest BCUT2D eigenvalue weighted by Crippen LogP contribution is 2.41. The van der Waals surface area contributed by atoms with Gasteiger partial charge in [-0.15, -0.1) is 10.2 Å². The second-order valence-electron chi connectivity index (χ2n) is 7.50. The second-order valence-corrected chi connectivity index (χ2v) is 8.44. The number of nitro benzene ring substituents is 1. The third kappa shape index (κ3) is 4.58. The van der Waals surface area contributed by atoms with Crippen LogP contribution in [0.5, 0.6) is 11.6 Å². The third-order valence-electron chi connectivity index (χ3n) is 5.35. The standard InChI is InChI=1S/C24H18FN5O4S/c1-33-20-11-10-15(30(31)32)12-17(20)22-26-19-9-5-3-7-16(19)21-23(34-22)27-24(29-28-21)35-13-14-6-2-4-8-18(14)25/h2-12,22,26H,13H2,1H3. The van der Waals surface area contributed by atoms with E-state index >= 15 is 0 Å². The number of benzene rings is 3. The van der Waals surface area contributed by atoms with Crippen LogP contribution in [0.1, 0.15) is 17.4 Å². The zero-order valence-corrected chi connectivity index (χ0v) is 19.2. The van der Waals surface area contributed by atoms with Crippen LogP contribution >= 0.6 is 11.8 Å². The van der Waals surface area contributed by atoms with Crippen molar-refractivity contribution in [3.8, 4) is 22.9 Å². The van der Waals surface area contributed by atoms with E-state index in [1.165, 1.54) is 43.1 Å². The van der Waals surface area contributed by atoms with Gasteiger partial charge in [-0.3, -0.25) is 10.1 Å². The lowest BCUT2D eigenvalue weighted by atomic mass is 10.1. The van der Waals surface area contributed by atoms with Gasteiger partial charge in [0.1, 0.15) is 11.6 Å². The summed E-state index contributed by atoms with van der Waals surface area (Å²) in [4.78, 5) is 15.5. The minimum Gasteiger partial charge on any atom is -0.496 e. The van der Waals surface area contributed by atoms with Crippen molar-refractivity contribution in [2.75, 3.05) is 12.4 Å². The number of ether oxygens (including phenoxy) is 2. The van der Waals surface area contributed by atoms with Crippen LogP contribution in [-0.2, 0) is 5.75 Å². The molecule has 0 fully saturated rings. The minimum absolute atomic E-state index is 0.106. The molecule has 0 aliphatic carbocycles. The van der Waals surface area contributed by atoms with Gasteiger partial charge in [-0.2, -0.15) is 4.98 Å². The Balaban J connectivity index is 1.54. The average Bonchev–Trinajstić information content (AvgIpc) is 3.04. The molecule has 1 aliphatic heterocycles. The monoisotopic (exact) mass is 491 g/mol. The molecule has 3 aromatic carbocycles. The van der Waals surface area contributed by atoms with Crippen molar-refractivity contribution in [1.82, 2.24) is 15.2 Å². The van der Waals surface area contributed by atoms with Crippen LogP contribution in [0.4, 0.5) is 15.8 Å². The first-order valence-corrected chi connectivity index (χ1v) is 11.5. The Kier molecular flexibility index (Phi) is 6.15. The molecule has 11 heteroatoms. The van der Waals surface area contributed by atoms with E-state index < -0.39 is 11.2 Å². The summed E-state index contributed by atoms with van der Waals surface area (Å²) in [5, 5.41) is 23.5. The summed E-state index contributed by atoms with van der Waals surface area (Å²) in [7, 11) is 1.48. The average molecular weight is 492 g/mol. The van der Waals surface area contributed by atoms with Crippen molar-refractivity contribution in [2.45, 2.75) is 17.1 Å². The maximum absolute atomic E-state index is 14.0. The molecule has 0 amide bonds. The number of para-hydroxylation sites is 1. The number of fused-ring (bicyclic) bond motifs is 3. The van der Waals surface area contributed by atoms with E-state index in [9.17, 15) is 14.5 Å². The van der Waals surface area contributed by atoms with Crippen LogP contribution in [0.3, 0.4) is 0 Å². The van der Waals surface area contributed by atoms with Gasteiger partial charge in [0.25, 0.3) is 5.69 Å². The minimum atomic E-state index is -0.867. The summed E-state index contributed by atoms with van der Waals surface area (Å²) < 4.78 is 25.7. The zero-order valence-electron chi connectivity index (χ0n) is 18.3. The molecule has 1 aromatic heterocycles. The number of nitrogens with one attached hydrogen (secondary N) is 1. The number of hydrogen-bond donors (Lipinski definition) is 1. The van der Waals surface area contributed by atoms with Crippen molar-refractivity contribution in [3.63, 3.8) is 0 Å². The Bertz CT molecular complexity index is 1420. The molecular weight excluding hydrogens is 473 g/mol. The van der Waals surface area contributed by atoms with Gasteiger partial charge in [-0.1, -0.05) is 48.2 Å². The van der Waals surface area contributed by atoms with Gasteiger partial charge in [0.15, 0.2) is 5.69 Å². The Hall–Kier alpha value is -4.25. The lowest BCUT2D eigenvalue weighted by Gasteiger charge is -2.21. The normalized spacial score (nSPS) is 14.1. The van der Waals surface area contributed by atoms with E-state index in [1.807, 2.05) is 24.3 Å². The van der Waals surface area contributed by atoms with Crippen molar-refractivity contribution in [2.24, 2.45) is 0 Å². The summed E-state index contributed by atoms with van der Waals surface area (Å²) in [6, 6.07) is 18.1. The van der Waals surface area contributed by atoms with Gasteiger partial charge in [0.2, 0.25) is 17.3 Å². The molecule has 9 nitrogen and oxygen atoms in total. The van der Waals surface area contributed by atoms with Gasteiger partial charge < -0.3 is 14.8 Å². The molecule has 5 rings (SSSR count). The van der Waals surface area contributed by atoms with Crippen LogP contribution in [0.15, 0.2) is 71.9 Å². The molecule has 1 unspecified atom stereocenters. The van der Waals surface area contributed by atoms with Crippen LogP contribution in [0, 0.1) is 15.9 Å². The molecule has 35 heavy (non-hydrogen) atoms. The van der Waals surface area contributed by atoms with Crippen molar-refractivity contribution < 1.29 is 18.8 Å². The first-order chi connectivity index (χ1) is 17.0. The number of methoxy groups -OCH3 is 1. The maximum Gasteiger partial charge on any atom is 0.270 e. The van der Waals surface area contributed by atoms with E-state index in [2.05, 4.69) is 20.5 Å². The number of hydrogen-bond acceptors (Lipinski definition) is 9. The van der Waals surface area contributed by atoms with Crippen molar-refractivity contribution in [3.05, 3.63) is 93.8 Å². The summed E-state index contributed by atoms with van der Waals surface area (Å²) in [5.74, 6) is 0.594. The Morgan fingerprint density at radius 3 is 2.74 bits per heavy atom. The van der Waals surface area contributed by atoms with E-state index in [1.54, 1.807) is 18.2 Å². The Labute approximate surface area is 203 Å². The van der Waals surface area contributed by atoms with Gasteiger partial charge in [-0.05, 0) is 23.8 Å². The van der Waals surface area contributed by atoms with Crippen LogP contribution in [-0.4, -0.2) is 27.2 Å². The lowest BCUT2D eigenvalue weighted by Crippen LogP contribution is -2.18. The number of nitrogens with zero attached hydrogens (tertiary/aromatic N) is 4. The number of rotatable bonds is 6. The smallest absolute Gasteiger partial charge is 0.270 e. The third-order valence-corrected chi connectivity index (χ3v) is 6.24. The van der Waals surface area contributed by atoms with Gasteiger partial charge in [-0.25, -0.2) is 4.39 Å². The number of anilines is 1. The first-order valence-electron chi connectivity index (χ1n) is 10.5. The van der Waals surface area contributed by atoms with E-state index in [0.29, 0.717) is 44.7 Å². The van der Waals surface area contributed by atoms with Gasteiger partial charge in [0, 0.05) is 29.1 Å². The van der Waals surface area contributed by atoms with Crippen LogP contribution in [0.25, 0.3) is 11.3 Å². The summed E-state index contributed by atoms with van der Waals surface area (Å²) in [5.41, 5.74) is 2.64. The first kappa shape index (κ1) is 22.5. The molecule has 176 valence electrons. The SMILES string of the molecule is COc1ccc([N+](=O)[O-])cc1C1Nc2ccccc2-c2nnc(SCc3ccccc3F)nc2O1. The van der Waals surface area contributed by atoms with E-state index in [0.717, 1.165) is 0 Å². The number of non-ortho nitro benzene ring substituents is 1. The molecule has 2 heterocycles. The highest BCUT2D eigenvalue weighted by molar-refractivity contribution is 7.98. The van der Waals surface area contributed by atoms with Crippen LogP contribution < -0.4 is 14.8 Å². The molecular formula is C24H18FN5O4S. The number of thioether (sulfide) groups is 1. The van der Waals surface area contributed by atoms with Crippen molar-refractivity contribution >= 4 is 23.1 Å². The molecule has 1 N–H and O–H groups in total. The molecule has 0 saturated heterocycles. The highest BCUT2D eigenvalue weighted by Gasteiger charge is 2.29. The highest BCUT2D eigenvalue weighted by atomic mass is 32.2. The van der Waals surface area contributed by atoms with Crippen LogP contribution in [0.2, 0.25) is 0 Å². The number of halogens is 1. The van der Waals surface area contributed by atoms with E-state index in [-0.39, 0.29) is 17.4 Å². The quantitative estimate of drug-likeness (QED) is 0.215. The summed E-state index contributed by atoms with van der Waals surface area (Å²) in [6.45, 7) is 0. The summed E-state index contributed by atoms with van der Waals surface area (Å²) in [6.07, 6.45) is -0.867. The fourth-order valence-corrected chi connectivity index (χ4v) is 4.41. The Morgan fingerprint density at radius 2 is 1.94 bits per heavy atom. The van der Waals surface area contributed by atoms with Gasteiger partial charge >= 0.3 is 0 Å². The largest absolute Gasteiger partial charge is 0.496 e. The molecule has 1 atom stereocenters. The zero-order chi connectivity index (χ0) is 24.4. The van der Waals surface area contributed by atoms with E-state index in [4.69, 9.17) is 9.47 Å². The van der Waals surface area contributed by atoms with Crippen molar-refractivity contribution in [1.29, 1.82) is 0 Å². The second kappa shape index (κ2) is 9.55. The summed E-state index contributed by atoms with van der Waals surface area (Å²) >= 11 is 1.22. The fourth-order valence-electron chi connectivity index (χ4n) is 3.65. The molecule has 1 aliphatic rings. The molecule has 4 aromatic rings. The molecule has 0 bridgehead atoms. The molecule has 0 radical (unpaired) electrons.